The molecule has 1 aromatic rings. The summed E-state index contributed by atoms with van der Waals surface area (Å²) in [5.74, 6) is 0. The molecule has 1 atom stereocenters. The Morgan fingerprint density at radius 1 is 1.14 bits per heavy atom. The Morgan fingerprint density at radius 3 is 1.93 bits per heavy atom. The average Bonchev–Trinajstić information content (AvgIpc) is 1.99. The normalized spacial score (nSPS) is 14.1. The molecular weight excluding hydrogens is 172 g/mol. The summed E-state index contributed by atoms with van der Waals surface area (Å²) in [5, 5.41) is 0. The first-order valence-corrected chi connectivity index (χ1v) is 5.01. The van der Waals surface area contributed by atoms with Crippen molar-refractivity contribution in [2.75, 3.05) is 0 Å². The van der Waals surface area contributed by atoms with Crippen LogP contribution in [0.1, 0.15) is 43.8 Å². The molecule has 1 aromatic heterocycles. The number of hydrogen-bond donors (Lipinski definition) is 1. The molecule has 0 aliphatic carbocycles. The van der Waals surface area contributed by atoms with Crippen LogP contribution in [0.5, 0.6) is 0 Å². The minimum Gasteiger partial charge on any atom is -0.324 e. The van der Waals surface area contributed by atoms with Crippen molar-refractivity contribution in [2.45, 2.75) is 40.7 Å². The smallest absolute Gasteiger partial charge is 0.0379 e. The maximum atomic E-state index is 6.18. The molecule has 2 heteroatoms. The van der Waals surface area contributed by atoms with Gasteiger partial charge >= 0.3 is 0 Å². The Labute approximate surface area is 86.5 Å². The summed E-state index contributed by atoms with van der Waals surface area (Å²) >= 11 is 0. The van der Waals surface area contributed by atoms with Gasteiger partial charge in [0.25, 0.3) is 0 Å². The zero-order valence-corrected chi connectivity index (χ0v) is 9.76. The van der Waals surface area contributed by atoms with E-state index in [0.717, 1.165) is 11.4 Å². The van der Waals surface area contributed by atoms with E-state index in [0.29, 0.717) is 0 Å². The third-order valence-electron chi connectivity index (χ3n) is 2.40. The Balaban J connectivity index is 3.07. The Morgan fingerprint density at radius 2 is 1.57 bits per heavy atom. The number of nitrogens with two attached hydrogens (primary N) is 1. The zero-order valence-electron chi connectivity index (χ0n) is 9.76. The highest BCUT2D eigenvalue weighted by Crippen LogP contribution is 2.30. The van der Waals surface area contributed by atoms with Crippen LogP contribution in [0.4, 0.5) is 0 Å². The van der Waals surface area contributed by atoms with Crippen molar-refractivity contribution in [1.82, 2.24) is 4.98 Å². The van der Waals surface area contributed by atoms with Gasteiger partial charge in [0.1, 0.15) is 0 Å². The maximum Gasteiger partial charge on any atom is 0.0379 e. The molecular formula is C12H20N2. The third-order valence-corrected chi connectivity index (χ3v) is 2.40. The van der Waals surface area contributed by atoms with Gasteiger partial charge in [0.15, 0.2) is 0 Å². The van der Waals surface area contributed by atoms with Crippen molar-refractivity contribution >= 4 is 0 Å². The van der Waals surface area contributed by atoms with Crippen LogP contribution in [-0.4, -0.2) is 4.98 Å². The van der Waals surface area contributed by atoms with Crippen LogP contribution in [-0.2, 0) is 0 Å². The molecule has 0 aromatic carbocycles. The van der Waals surface area contributed by atoms with E-state index >= 15 is 0 Å². The van der Waals surface area contributed by atoms with Crippen LogP contribution < -0.4 is 5.73 Å². The third kappa shape index (κ3) is 2.55. The van der Waals surface area contributed by atoms with Crippen LogP contribution in [0.25, 0.3) is 0 Å². The Bertz CT molecular complexity index is 303. The lowest BCUT2D eigenvalue weighted by Crippen LogP contribution is -2.26. The van der Waals surface area contributed by atoms with Gasteiger partial charge in [-0.05, 0) is 37.0 Å². The van der Waals surface area contributed by atoms with Crippen molar-refractivity contribution < 1.29 is 0 Å². The number of hydrogen-bond acceptors (Lipinski definition) is 2. The molecule has 0 bridgehead atoms. The van der Waals surface area contributed by atoms with Gasteiger partial charge in [-0.3, -0.25) is 4.98 Å². The van der Waals surface area contributed by atoms with Gasteiger partial charge in [-0.2, -0.15) is 0 Å². The van der Waals surface area contributed by atoms with Crippen LogP contribution >= 0.6 is 0 Å². The lowest BCUT2D eigenvalue weighted by molar-refractivity contribution is 0.326. The molecule has 0 aliphatic heterocycles. The molecule has 2 nitrogen and oxygen atoms in total. The van der Waals surface area contributed by atoms with Crippen molar-refractivity contribution in [3.63, 3.8) is 0 Å². The number of nitrogens with zero attached hydrogens (tertiary/aromatic N) is 1. The molecule has 1 heterocycles. The van der Waals surface area contributed by atoms with Crippen molar-refractivity contribution in [3.05, 3.63) is 29.1 Å². The molecule has 0 fully saturated rings. The minimum atomic E-state index is 0.0721. The minimum absolute atomic E-state index is 0.0721. The van der Waals surface area contributed by atoms with Crippen molar-refractivity contribution in [2.24, 2.45) is 11.1 Å². The number of aromatic nitrogens is 1. The van der Waals surface area contributed by atoms with Gasteiger partial charge in [-0.25, -0.2) is 0 Å². The standard InChI is InChI=1S/C12H20N2/c1-8-6-10(7-9(2)14-8)11(13)12(3,4)5/h6-7,11H,13H2,1-5H3. The second-order valence-electron chi connectivity index (χ2n) is 5.03. The number of rotatable bonds is 1. The van der Waals surface area contributed by atoms with E-state index in [1.165, 1.54) is 5.56 Å². The average molecular weight is 192 g/mol. The van der Waals surface area contributed by atoms with E-state index in [2.05, 4.69) is 37.9 Å². The molecule has 1 unspecified atom stereocenters. The van der Waals surface area contributed by atoms with Gasteiger partial charge in [0.2, 0.25) is 0 Å². The molecule has 0 amide bonds. The van der Waals surface area contributed by atoms with Crippen molar-refractivity contribution in [3.8, 4) is 0 Å². The first-order valence-electron chi connectivity index (χ1n) is 5.01. The largest absolute Gasteiger partial charge is 0.324 e. The highest BCUT2D eigenvalue weighted by molar-refractivity contribution is 5.24. The van der Waals surface area contributed by atoms with E-state index in [9.17, 15) is 0 Å². The summed E-state index contributed by atoms with van der Waals surface area (Å²) in [4.78, 5) is 4.34. The van der Waals surface area contributed by atoms with Crippen LogP contribution in [0.2, 0.25) is 0 Å². The van der Waals surface area contributed by atoms with E-state index in [-0.39, 0.29) is 11.5 Å². The van der Waals surface area contributed by atoms with E-state index < -0.39 is 0 Å². The number of aryl methyl sites for hydroxylation is 2. The molecule has 78 valence electrons. The molecule has 0 saturated heterocycles. The van der Waals surface area contributed by atoms with Gasteiger partial charge in [-0.1, -0.05) is 20.8 Å². The summed E-state index contributed by atoms with van der Waals surface area (Å²) < 4.78 is 0. The molecule has 0 spiro atoms. The molecule has 0 aliphatic rings. The Hall–Kier alpha value is -0.890. The van der Waals surface area contributed by atoms with Crippen molar-refractivity contribution in [1.29, 1.82) is 0 Å². The summed E-state index contributed by atoms with van der Waals surface area (Å²) in [6, 6.07) is 4.22. The SMILES string of the molecule is Cc1cc(C(N)C(C)(C)C)cc(C)n1. The predicted octanol–water partition coefficient (Wildman–Crippen LogP) is 2.74. The summed E-state index contributed by atoms with van der Waals surface area (Å²) in [6.07, 6.45) is 0. The molecule has 0 saturated carbocycles. The second kappa shape index (κ2) is 3.70. The van der Waals surface area contributed by atoms with Crippen LogP contribution in [0.3, 0.4) is 0 Å². The first kappa shape index (κ1) is 11.2. The topological polar surface area (TPSA) is 38.9 Å². The summed E-state index contributed by atoms with van der Waals surface area (Å²) in [5.41, 5.74) is 9.55. The highest BCUT2D eigenvalue weighted by atomic mass is 14.7. The molecule has 0 radical (unpaired) electrons. The van der Waals surface area contributed by atoms with Crippen LogP contribution in [0, 0.1) is 19.3 Å². The van der Waals surface area contributed by atoms with E-state index in [1.807, 2.05) is 13.8 Å². The predicted molar refractivity (Wildman–Crippen MR) is 60.1 cm³/mol. The Kier molecular flexibility index (Phi) is 2.95. The van der Waals surface area contributed by atoms with Gasteiger partial charge in [-0.15, -0.1) is 0 Å². The monoisotopic (exact) mass is 192 g/mol. The first-order chi connectivity index (χ1) is 6.30. The zero-order chi connectivity index (χ0) is 10.9. The van der Waals surface area contributed by atoms with Crippen LogP contribution in [0.15, 0.2) is 12.1 Å². The fourth-order valence-corrected chi connectivity index (χ4v) is 1.55. The molecule has 14 heavy (non-hydrogen) atoms. The maximum absolute atomic E-state index is 6.18. The van der Waals surface area contributed by atoms with Gasteiger partial charge < -0.3 is 5.73 Å². The quantitative estimate of drug-likeness (QED) is 0.743. The fraction of sp³-hybridized carbons (Fsp3) is 0.583. The van der Waals surface area contributed by atoms with E-state index in [1.54, 1.807) is 0 Å². The lowest BCUT2D eigenvalue weighted by Gasteiger charge is -2.27. The summed E-state index contributed by atoms with van der Waals surface area (Å²) in [6.45, 7) is 10.5. The fourth-order valence-electron chi connectivity index (χ4n) is 1.55. The molecule has 2 N–H and O–H groups in total. The second-order valence-corrected chi connectivity index (χ2v) is 5.03. The molecule has 1 rings (SSSR count). The van der Waals surface area contributed by atoms with E-state index in [4.69, 9.17) is 5.73 Å². The van der Waals surface area contributed by atoms with Gasteiger partial charge in [0, 0.05) is 17.4 Å². The number of pyridine rings is 1. The lowest BCUT2D eigenvalue weighted by atomic mass is 9.83. The highest BCUT2D eigenvalue weighted by Gasteiger charge is 2.22. The summed E-state index contributed by atoms with van der Waals surface area (Å²) in [7, 11) is 0. The van der Waals surface area contributed by atoms with Gasteiger partial charge in [0.05, 0.1) is 0 Å².